The van der Waals surface area contributed by atoms with E-state index in [0.29, 0.717) is 18.1 Å². The first-order valence-electron chi connectivity index (χ1n) is 12.1. The number of terminal acetylenes is 1. The Balaban J connectivity index is 2.30. The quantitative estimate of drug-likeness (QED) is 0.381. The van der Waals surface area contributed by atoms with Crippen LogP contribution in [-0.2, 0) is 36.9 Å². The SMILES string of the molecule is C#Cc1nc(CC(C(N)=O)[C@H](CC(=O)OC(C)(C)C)C(=O)OC(C)(C)C)ccc1OCc1ccccc1. The second-order valence-electron chi connectivity index (χ2n) is 10.7. The molecule has 0 aliphatic heterocycles. The first-order valence-corrected chi connectivity index (χ1v) is 12.1. The van der Waals surface area contributed by atoms with Crippen LogP contribution in [0.1, 0.15) is 64.9 Å². The molecule has 0 saturated heterocycles. The van der Waals surface area contributed by atoms with E-state index >= 15 is 0 Å². The van der Waals surface area contributed by atoms with Crippen molar-refractivity contribution in [2.75, 3.05) is 0 Å². The van der Waals surface area contributed by atoms with Gasteiger partial charge in [-0.15, -0.1) is 6.42 Å². The predicted molar refractivity (Wildman–Crippen MR) is 139 cm³/mol. The van der Waals surface area contributed by atoms with E-state index in [-0.39, 0.29) is 18.5 Å². The third-order valence-electron chi connectivity index (χ3n) is 5.09. The molecule has 8 nitrogen and oxygen atoms in total. The van der Waals surface area contributed by atoms with Gasteiger partial charge < -0.3 is 19.9 Å². The van der Waals surface area contributed by atoms with Crippen molar-refractivity contribution >= 4 is 17.8 Å². The number of nitrogens with two attached hydrogens (primary N) is 1. The molecule has 1 unspecified atom stereocenters. The van der Waals surface area contributed by atoms with E-state index in [2.05, 4.69) is 10.9 Å². The van der Waals surface area contributed by atoms with Crippen molar-refractivity contribution in [2.45, 2.75) is 72.2 Å². The minimum Gasteiger partial charge on any atom is -0.486 e. The smallest absolute Gasteiger partial charge is 0.310 e. The van der Waals surface area contributed by atoms with Gasteiger partial charge >= 0.3 is 11.9 Å². The summed E-state index contributed by atoms with van der Waals surface area (Å²) in [4.78, 5) is 42.7. The lowest BCUT2D eigenvalue weighted by molar-refractivity contribution is -0.170. The van der Waals surface area contributed by atoms with E-state index < -0.39 is 40.9 Å². The van der Waals surface area contributed by atoms with Crippen LogP contribution < -0.4 is 10.5 Å². The zero-order chi connectivity index (χ0) is 27.8. The zero-order valence-electron chi connectivity index (χ0n) is 22.4. The van der Waals surface area contributed by atoms with E-state index in [1.807, 2.05) is 30.3 Å². The summed E-state index contributed by atoms with van der Waals surface area (Å²) in [5, 5.41) is 0. The van der Waals surface area contributed by atoms with Crippen molar-refractivity contribution in [1.82, 2.24) is 4.98 Å². The van der Waals surface area contributed by atoms with E-state index in [9.17, 15) is 14.4 Å². The number of carbonyl (C=O) groups is 3. The average Bonchev–Trinajstić information content (AvgIpc) is 2.78. The van der Waals surface area contributed by atoms with Crippen LogP contribution in [-0.4, -0.2) is 34.0 Å². The van der Waals surface area contributed by atoms with E-state index in [1.54, 1.807) is 53.7 Å². The highest BCUT2D eigenvalue weighted by Crippen LogP contribution is 2.27. The lowest BCUT2D eigenvalue weighted by atomic mass is 9.84. The summed E-state index contributed by atoms with van der Waals surface area (Å²) in [5.41, 5.74) is 5.74. The molecule has 37 heavy (non-hydrogen) atoms. The number of esters is 2. The van der Waals surface area contributed by atoms with Gasteiger partial charge in [-0.05, 0) is 65.2 Å². The standard InChI is InChI=1S/C29H36N2O6/c1-8-23-24(35-18-19-12-10-9-11-13-19)15-14-20(31-23)16-21(26(30)33)22(27(34)37-29(5,6)7)17-25(32)36-28(2,3)4/h1,9-15,21-22H,16-18H2,2-7H3,(H2,30,33)/t21?,22-/m0/s1. The fourth-order valence-electron chi connectivity index (χ4n) is 3.55. The molecule has 2 atom stereocenters. The Morgan fingerprint density at radius 3 is 2.11 bits per heavy atom. The molecule has 0 fully saturated rings. The normalized spacial score (nSPS) is 13.1. The predicted octanol–water partition coefficient (Wildman–Crippen LogP) is 3.98. The number of pyridine rings is 1. The molecule has 1 amide bonds. The highest BCUT2D eigenvalue weighted by Gasteiger charge is 2.38. The number of hydrogen-bond acceptors (Lipinski definition) is 7. The third kappa shape index (κ3) is 9.96. The monoisotopic (exact) mass is 508 g/mol. The molecule has 0 bridgehead atoms. The molecule has 0 radical (unpaired) electrons. The lowest BCUT2D eigenvalue weighted by Gasteiger charge is -2.28. The summed E-state index contributed by atoms with van der Waals surface area (Å²) in [5.74, 6) is -1.49. The molecule has 2 N–H and O–H groups in total. The van der Waals surface area contributed by atoms with Crippen molar-refractivity contribution in [3.05, 3.63) is 59.4 Å². The molecule has 2 aromatic rings. The molecule has 0 saturated carbocycles. The van der Waals surface area contributed by atoms with E-state index in [4.69, 9.17) is 26.4 Å². The van der Waals surface area contributed by atoms with Crippen molar-refractivity contribution in [2.24, 2.45) is 17.6 Å². The lowest BCUT2D eigenvalue weighted by Crippen LogP contribution is -2.41. The second kappa shape index (κ2) is 12.4. The van der Waals surface area contributed by atoms with Gasteiger partial charge in [0.1, 0.15) is 17.8 Å². The van der Waals surface area contributed by atoms with Crippen molar-refractivity contribution in [3.63, 3.8) is 0 Å². The van der Waals surface area contributed by atoms with Crippen LogP contribution in [0.25, 0.3) is 0 Å². The molecule has 0 aliphatic rings. The highest BCUT2D eigenvalue weighted by atomic mass is 16.6. The summed E-state index contributed by atoms with van der Waals surface area (Å²) in [6.07, 6.45) is 5.25. The zero-order valence-corrected chi connectivity index (χ0v) is 22.4. The number of amides is 1. The Labute approximate surface area is 218 Å². The summed E-state index contributed by atoms with van der Waals surface area (Å²) in [6, 6.07) is 12.9. The molecular formula is C29H36N2O6. The number of aromatic nitrogens is 1. The van der Waals surface area contributed by atoms with Crippen molar-refractivity contribution < 1.29 is 28.6 Å². The summed E-state index contributed by atoms with van der Waals surface area (Å²) < 4.78 is 16.7. The number of rotatable bonds is 10. The Morgan fingerprint density at radius 1 is 0.946 bits per heavy atom. The van der Waals surface area contributed by atoms with E-state index in [0.717, 1.165) is 5.56 Å². The molecule has 1 aromatic carbocycles. The first-order chi connectivity index (χ1) is 17.2. The summed E-state index contributed by atoms with van der Waals surface area (Å²) in [6.45, 7) is 10.5. The molecule has 1 heterocycles. The molecule has 2 rings (SSSR count). The van der Waals surface area contributed by atoms with Crippen LogP contribution in [0.2, 0.25) is 0 Å². The molecule has 1 aromatic heterocycles. The number of hydrogen-bond donors (Lipinski definition) is 1. The minimum atomic E-state index is -1.17. The van der Waals surface area contributed by atoms with E-state index in [1.165, 1.54) is 0 Å². The molecular weight excluding hydrogens is 472 g/mol. The molecule has 0 aliphatic carbocycles. The number of carbonyl (C=O) groups excluding carboxylic acids is 3. The maximum atomic E-state index is 13.1. The maximum absolute atomic E-state index is 13.1. The maximum Gasteiger partial charge on any atom is 0.310 e. The first kappa shape index (κ1) is 29.4. The van der Waals surface area contributed by atoms with Crippen LogP contribution in [0, 0.1) is 24.2 Å². The van der Waals surface area contributed by atoms with Gasteiger partial charge in [-0.1, -0.05) is 30.3 Å². The van der Waals surface area contributed by atoms with Gasteiger partial charge in [0.05, 0.1) is 18.3 Å². The van der Waals surface area contributed by atoms with Crippen LogP contribution in [0.5, 0.6) is 5.75 Å². The molecule has 8 heteroatoms. The van der Waals surface area contributed by atoms with Crippen LogP contribution in [0.15, 0.2) is 42.5 Å². The van der Waals surface area contributed by atoms with Gasteiger partial charge in [-0.2, -0.15) is 0 Å². The van der Waals surface area contributed by atoms with Crippen molar-refractivity contribution in [1.29, 1.82) is 0 Å². The highest BCUT2D eigenvalue weighted by molar-refractivity contribution is 5.87. The van der Waals surface area contributed by atoms with Gasteiger partial charge in [-0.25, -0.2) is 4.98 Å². The number of primary amides is 1. The molecule has 198 valence electrons. The Bertz CT molecular complexity index is 1140. The second-order valence-corrected chi connectivity index (χ2v) is 10.7. The Morgan fingerprint density at radius 2 is 1.57 bits per heavy atom. The van der Waals surface area contributed by atoms with Crippen LogP contribution in [0.3, 0.4) is 0 Å². The third-order valence-corrected chi connectivity index (χ3v) is 5.09. The topological polar surface area (TPSA) is 118 Å². The Hall–Kier alpha value is -3.86. The van der Waals surface area contributed by atoms with Crippen LogP contribution in [0.4, 0.5) is 0 Å². The Kier molecular flexibility index (Phi) is 9.84. The van der Waals surface area contributed by atoms with Gasteiger partial charge in [0, 0.05) is 12.1 Å². The number of nitrogens with zero attached hydrogens (tertiary/aromatic N) is 1. The van der Waals surface area contributed by atoms with Crippen LogP contribution >= 0.6 is 0 Å². The van der Waals surface area contributed by atoms with Gasteiger partial charge in [0.25, 0.3) is 0 Å². The minimum absolute atomic E-state index is 0.0321. The summed E-state index contributed by atoms with van der Waals surface area (Å²) >= 11 is 0. The van der Waals surface area contributed by atoms with Gasteiger partial charge in [-0.3, -0.25) is 14.4 Å². The fourth-order valence-corrected chi connectivity index (χ4v) is 3.55. The summed E-state index contributed by atoms with van der Waals surface area (Å²) in [7, 11) is 0. The van der Waals surface area contributed by atoms with Gasteiger partial charge in [0.15, 0.2) is 11.4 Å². The number of ether oxygens (including phenoxy) is 3. The van der Waals surface area contributed by atoms with Crippen molar-refractivity contribution in [3.8, 4) is 18.1 Å². The fraction of sp³-hybridized carbons (Fsp3) is 0.448. The molecule has 0 spiro atoms. The average molecular weight is 509 g/mol. The number of benzene rings is 1. The van der Waals surface area contributed by atoms with Gasteiger partial charge in [0.2, 0.25) is 5.91 Å². The largest absolute Gasteiger partial charge is 0.486 e.